The smallest absolute Gasteiger partial charge is 0.315 e. The third-order valence-corrected chi connectivity index (χ3v) is 4.69. The van der Waals surface area contributed by atoms with Crippen molar-refractivity contribution < 1.29 is 23.9 Å². The molecular weight excluding hydrogens is 382 g/mol. The molecule has 0 radical (unpaired) electrons. The SMILES string of the molecule is CC(=O)Nc1ccc(OC(=O)Cc2ccc3c(c2)C(=O)c2ccccc2CO3)cc1. The van der Waals surface area contributed by atoms with Crippen LogP contribution in [0.25, 0.3) is 0 Å². The van der Waals surface area contributed by atoms with E-state index < -0.39 is 5.97 Å². The van der Waals surface area contributed by atoms with Gasteiger partial charge in [0, 0.05) is 23.7 Å². The summed E-state index contributed by atoms with van der Waals surface area (Å²) in [5.41, 5.74) is 3.15. The lowest BCUT2D eigenvalue weighted by Crippen LogP contribution is -2.12. The van der Waals surface area contributed by atoms with Crippen LogP contribution in [0.15, 0.2) is 66.7 Å². The van der Waals surface area contributed by atoms with E-state index in [1.165, 1.54) is 6.92 Å². The molecule has 30 heavy (non-hydrogen) atoms. The number of carbonyl (C=O) groups excluding carboxylic acids is 3. The van der Waals surface area contributed by atoms with Crippen molar-refractivity contribution in [2.75, 3.05) is 5.32 Å². The molecule has 1 amide bonds. The maximum atomic E-state index is 12.9. The number of carbonyl (C=O) groups is 3. The highest BCUT2D eigenvalue weighted by Gasteiger charge is 2.22. The number of esters is 1. The summed E-state index contributed by atoms with van der Waals surface area (Å²) in [4.78, 5) is 36.4. The van der Waals surface area contributed by atoms with Gasteiger partial charge in [-0.2, -0.15) is 0 Å². The molecular formula is C24H19NO5. The molecule has 1 aliphatic heterocycles. The van der Waals surface area contributed by atoms with Crippen LogP contribution >= 0.6 is 0 Å². The second kappa shape index (κ2) is 8.21. The van der Waals surface area contributed by atoms with E-state index >= 15 is 0 Å². The van der Waals surface area contributed by atoms with Crippen LogP contribution in [0.4, 0.5) is 5.69 Å². The molecule has 0 atom stereocenters. The Kier molecular flexibility index (Phi) is 5.30. The number of amides is 1. The summed E-state index contributed by atoms with van der Waals surface area (Å²) < 4.78 is 11.1. The molecule has 0 saturated carbocycles. The Hall–Kier alpha value is -3.93. The molecule has 6 heteroatoms. The highest BCUT2D eigenvalue weighted by atomic mass is 16.5. The van der Waals surface area contributed by atoms with Gasteiger partial charge < -0.3 is 14.8 Å². The molecule has 6 nitrogen and oxygen atoms in total. The first-order valence-electron chi connectivity index (χ1n) is 9.46. The first-order valence-corrected chi connectivity index (χ1v) is 9.46. The molecule has 0 bridgehead atoms. The van der Waals surface area contributed by atoms with E-state index in [1.54, 1.807) is 48.5 Å². The van der Waals surface area contributed by atoms with Gasteiger partial charge in [0.1, 0.15) is 18.1 Å². The average Bonchev–Trinajstić information content (AvgIpc) is 2.86. The number of ether oxygens (including phenoxy) is 2. The molecule has 0 saturated heterocycles. The lowest BCUT2D eigenvalue weighted by Gasteiger charge is -2.09. The van der Waals surface area contributed by atoms with Crippen LogP contribution in [0.3, 0.4) is 0 Å². The van der Waals surface area contributed by atoms with Crippen molar-refractivity contribution in [3.05, 3.63) is 89.0 Å². The van der Waals surface area contributed by atoms with Crippen LogP contribution in [0.5, 0.6) is 11.5 Å². The van der Waals surface area contributed by atoms with Gasteiger partial charge in [-0.05, 0) is 42.0 Å². The Morgan fingerprint density at radius 2 is 1.77 bits per heavy atom. The number of nitrogens with one attached hydrogen (secondary N) is 1. The fourth-order valence-electron chi connectivity index (χ4n) is 3.30. The van der Waals surface area contributed by atoms with Crippen LogP contribution < -0.4 is 14.8 Å². The topological polar surface area (TPSA) is 81.7 Å². The second-order valence-electron chi connectivity index (χ2n) is 6.96. The second-order valence-corrected chi connectivity index (χ2v) is 6.96. The van der Waals surface area contributed by atoms with Gasteiger partial charge in [-0.3, -0.25) is 14.4 Å². The minimum Gasteiger partial charge on any atom is -0.488 e. The number of ketones is 1. The Balaban J connectivity index is 1.48. The number of benzene rings is 3. The van der Waals surface area contributed by atoms with Gasteiger partial charge in [0.2, 0.25) is 5.91 Å². The maximum absolute atomic E-state index is 12.9. The molecule has 3 aromatic rings. The molecule has 4 rings (SSSR count). The van der Waals surface area contributed by atoms with Gasteiger partial charge in [-0.1, -0.05) is 30.3 Å². The Morgan fingerprint density at radius 1 is 1.00 bits per heavy atom. The van der Waals surface area contributed by atoms with E-state index in [2.05, 4.69) is 5.32 Å². The first-order chi connectivity index (χ1) is 14.5. The van der Waals surface area contributed by atoms with Crippen molar-refractivity contribution in [3.8, 4) is 11.5 Å². The molecule has 0 fully saturated rings. The van der Waals surface area contributed by atoms with Crippen LogP contribution in [-0.2, 0) is 22.6 Å². The minimum absolute atomic E-state index is 0.00958. The van der Waals surface area contributed by atoms with E-state index in [4.69, 9.17) is 9.47 Å². The lowest BCUT2D eigenvalue weighted by molar-refractivity contribution is -0.133. The summed E-state index contributed by atoms with van der Waals surface area (Å²) >= 11 is 0. The fraction of sp³-hybridized carbons (Fsp3) is 0.125. The standard InChI is InChI=1S/C24H19NO5/c1-15(26)25-18-7-9-19(10-8-18)30-23(27)13-16-6-11-22-21(12-16)24(28)20-5-3-2-4-17(20)14-29-22/h2-12H,13-14H2,1H3,(H,25,26). The van der Waals surface area contributed by atoms with Gasteiger partial charge in [0.25, 0.3) is 0 Å². The molecule has 0 spiro atoms. The van der Waals surface area contributed by atoms with E-state index in [9.17, 15) is 14.4 Å². The van der Waals surface area contributed by atoms with Gasteiger partial charge in [-0.25, -0.2) is 0 Å². The summed E-state index contributed by atoms with van der Waals surface area (Å²) in [6.45, 7) is 1.74. The molecule has 150 valence electrons. The molecule has 1 aliphatic rings. The van der Waals surface area contributed by atoms with Crippen LogP contribution in [0.1, 0.15) is 34.0 Å². The van der Waals surface area contributed by atoms with Crippen LogP contribution in [0.2, 0.25) is 0 Å². The van der Waals surface area contributed by atoms with Crippen molar-refractivity contribution in [1.29, 1.82) is 0 Å². The number of anilines is 1. The van der Waals surface area contributed by atoms with Gasteiger partial charge >= 0.3 is 5.97 Å². The van der Waals surface area contributed by atoms with Crippen molar-refractivity contribution >= 4 is 23.3 Å². The zero-order valence-electron chi connectivity index (χ0n) is 16.3. The minimum atomic E-state index is -0.454. The molecule has 1 heterocycles. The zero-order chi connectivity index (χ0) is 21.1. The molecule has 3 aromatic carbocycles. The van der Waals surface area contributed by atoms with E-state index in [-0.39, 0.29) is 18.1 Å². The van der Waals surface area contributed by atoms with Gasteiger partial charge in [-0.15, -0.1) is 0 Å². The van der Waals surface area contributed by atoms with Crippen molar-refractivity contribution in [2.24, 2.45) is 0 Å². The number of hydrogen-bond acceptors (Lipinski definition) is 5. The van der Waals surface area contributed by atoms with Gasteiger partial charge in [0.05, 0.1) is 12.0 Å². The summed E-state index contributed by atoms with van der Waals surface area (Å²) in [5.74, 6) is 0.120. The Bertz CT molecular complexity index is 1130. The first kappa shape index (κ1) is 19.4. The molecule has 0 unspecified atom stereocenters. The Morgan fingerprint density at radius 3 is 2.53 bits per heavy atom. The highest BCUT2D eigenvalue weighted by molar-refractivity contribution is 6.12. The van der Waals surface area contributed by atoms with Crippen LogP contribution in [-0.4, -0.2) is 17.7 Å². The number of hydrogen-bond donors (Lipinski definition) is 1. The predicted molar refractivity (Wildman–Crippen MR) is 111 cm³/mol. The molecule has 0 aromatic heterocycles. The summed E-state index contributed by atoms with van der Waals surface area (Å²) in [7, 11) is 0. The fourth-order valence-corrected chi connectivity index (χ4v) is 3.30. The normalized spacial score (nSPS) is 12.1. The summed E-state index contributed by atoms with van der Waals surface area (Å²) in [5, 5.41) is 2.65. The maximum Gasteiger partial charge on any atom is 0.315 e. The third-order valence-electron chi connectivity index (χ3n) is 4.69. The number of rotatable bonds is 4. The average molecular weight is 401 g/mol. The van der Waals surface area contributed by atoms with Crippen molar-refractivity contribution in [1.82, 2.24) is 0 Å². The molecule has 0 aliphatic carbocycles. The quantitative estimate of drug-likeness (QED) is 0.529. The van der Waals surface area contributed by atoms with Crippen molar-refractivity contribution in [3.63, 3.8) is 0 Å². The lowest BCUT2D eigenvalue weighted by atomic mass is 9.97. The van der Waals surface area contributed by atoms with Gasteiger partial charge in [0.15, 0.2) is 5.78 Å². The number of fused-ring (bicyclic) bond motifs is 2. The van der Waals surface area contributed by atoms with E-state index in [0.717, 1.165) is 5.56 Å². The summed E-state index contributed by atoms with van der Waals surface area (Å²) in [6, 6.07) is 19.0. The molecule has 1 N–H and O–H groups in total. The van der Waals surface area contributed by atoms with E-state index in [1.807, 2.05) is 18.2 Å². The highest BCUT2D eigenvalue weighted by Crippen LogP contribution is 2.29. The third kappa shape index (κ3) is 4.22. The predicted octanol–water partition coefficient (Wildman–Crippen LogP) is 3.92. The zero-order valence-corrected chi connectivity index (χ0v) is 16.3. The largest absolute Gasteiger partial charge is 0.488 e. The van der Waals surface area contributed by atoms with Crippen LogP contribution in [0, 0.1) is 0 Å². The summed E-state index contributed by atoms with van der Waals surface area (Å²) in [6.07, 6.45) is 0.00958. The van der Waals surface area contributed by atoms with Crippen molar-refractivity contribution in [2.45, 2.75) is 20.0 Å². The monoisotopic (exact) mass is 401 g/mol. The van der Waals surface area contributed by atoms with E-state index in [0.29, 0.717) is 40.5 Å². The Labute approximate surface area is 173 Å².